The van der Waals surface area contributed by atoms with Crippen LogP contribution in [0.4, 0.5) is 10.5 Å². The number of alkyl carbamates (subject to hydrolysis) is 1. The highest BCUT2D eigenvalue weighted by Crippen LogP contribution is 2.44. The van der Waals surface area contributed by atoms with E-state index in [2.05, 4.69) is 22.8 Å². The standard InChI is InChI=1S/C26H24N2O6/c1-15(12-24(30)28-16-10-11-21(25(31)32)23(29)13-16)27-26(33)34-14-22-19-8-4-2-6-17(19)18-7-3-5-9-20(18)22/h2-11,13,15,22,29H,12,14H2,1H3,(H,27,33)(H,28,30)(H,31,32)/t15-/m1/s1. The van der Waals surface area contributed by atoms with E-state index in [-0.39, 0.29) is 30.2 Å². The summed E-state index contributed by atoms with van der Waals surface area (Å²) in [5.74, 6) is -2.18. The van der Waals surface area contributed by atoms with Crippen molar-refractivity contribution in [1.82, 2.24) is 5.32 Å². The van der Waals surface area contributed by atoms with Crippen molar-refractivity contribution >= 4 is 23.7 Å². The summed E-state index contributed by atoms with van der Waals surface area (Å²) in [4.78, 5) is 35.6. The van der Waals surface area contributed by atoms with E-state index in [4.69, 9.17) is 9.84 Å². The zero-order valence-corrected chi connectivity index (χ0v) is 18.4. The number of carboxylic acids is 1. The molecule has 0 saturated heterocycles. The minimum Gasteiger partial charge on any atom is -0.507 e. The molecule has 0 aromatic heterocycles. The van der Waals surface area contributed by atoms with E-state index < -0.39 is 29.8 Å². The molecule has 0 saturated carbocycles. The summed E-state index contributed by atoms with van der Waals surface area (Å²) in [6.45, 7) is 1.85. The van der Waals surface area contributed by atoms with Gasteiger partial charge in [-0.1, -0.05) is 48.5 Å². The van der Waals surface area contributed by atoms with Gasteiger partial charge in [0.1, 0.15) is 17.9 Å². The third-order valence-electron chi connectivity index (χ3n) is 5.71. The summed E-state index contributed by atoms with van der Waals surface area (Å²) in [6, 6.07) is 19.3. The van der Waals surface area contributed by atoms with Gasteiger partial charge in [0, 0.05) is 30.1 Å². The Bertz CT molecular complexity index is 1210. The van der Waals surface area contributed by atoms with Gasteiger partial charge in [-0.05, 0) is 41.3 Å². The van der Waals surface area contributed by atoms with E-state index in [1.807, 2.05) is 36.4 Å². The third kappa shape index (κ3) is 4.85. The van der Waals surface area contributed by atoms with E-state index in [9.17, 15) is 19.5 Å². The Hall–Kier alpha value is -4.33. The number of fused-ring (bicyclic) bond motifs is 3. The molecule has 0 radical (unpaired) electrons. The molecular weight excluding hydrogens is 436 g/mol. The SMILES string of the molecule is C[C@H](CC(=O)Nc1ccc(C(=O)O)c(O)c1)NC(=O)OCC1c2ccccc2-c2ccccc21. The molecule has 1 aliphatic rings. The summed E-state index contributed by atoms with van der Waals surface area (Å²) in [7, 11) is 0. The number of aromatic carboxylic acids is 1. The Labute approximate surface area is 196 Å². The Morgan fingerprint density at radius 1 is 0.971 bits per heavy atom. The van der Waals surface area contributed by atoms with E-state index in [0.29, 0.717) is 0 Å². The van der Waals surface area contributed by atoms with Crippen LogP contribution < -0.4 is 10.6 Å². The fourth-order valence-corrected chi connectivity index (χ4v) is 4.17. The van der Waals surface area contributed by atoms with Crippen molar-refractivity contribution in [3.8, 4) is 16.9 Å². The van der Waals surface area contributed by atoms with Crippen molar-refractivity contribution in [3.63, 3.8) is 0 Å². The van der Waals surface area contributed by atoms with E-state index in [1.165, 1.54) is 12.1 Å². The molecule has 0 bridgehead atoms. The van der Waals surface area contributed by atoms with Crippen molar-refractivity contribution in [2.24, 2.45) is 0 Å². The zero-order valence-electron chi connectivity index (χ0n) is 18.4. The molecule has 0 heterocycles. The van der Waals surface area contributed by atoms with Crippen LogP contribution in [0.1, 0.15) is 40.7 Å². The second-order valence-corrected chi connectivity index (χ2v) is 8.16. The first-order chi connectivity index (χ1) is 16.3. The smallest absolute Gasteiger partial charge is 0.407 e. The van der Waals surface area contributed by atoms with Gasteiger partial charge in [-0.25, -0.2) is 9.59 Å². The molecule has 3 aromatic carbocycles. The molecule has 1 atom stereocenters. The summed E-state index contributed by atoms with van der Waals surface area (Å²) < 4.78 is 5.49. The third-order valence-corrected chi connectivity index (χ3v) is 5.71. The number of amides is 2. The maximum Gasteiger partial charge on any atom is 0.407 e. The number of carbonyl (C=O) groups is 3. The normalized spacial score (nSPS) is 12.9. The van der Waals surface area contributed by atoms with Gasteiger partial charge in [0.25, 0.3) is 0 Å². The first-order valence-corrected chi connectivity index (χ1v) is 10.8. The van der Waals surface area contributed by atoms with E-state index in [0.717, 1.165) is 28.3 Å². The number of carboxylic acid groups (broad SMARTS) is 1. The van der Waals surface area contributed by atoms with Crippen molar-refractivity contribution in [2.75, 3.05) is 11.9 Å². The van der Waals surface area contributed by atoms with Crippen LogP contribution in [-0.2, 0) is 9.53 Å². The molecule has 4 rings (SSSR count). The van der Waals surface area contributed by atoms with Gasteiger partial charge in [-0.15, -0.1) is 0 Å². The van der Waals surface area contributed by atoms with Crippen LogP contribution in [0.15, 0.2) is 66.7 Å². The van der Waals surface area contributed by atoms with Gasteiger partial charge >= 0.3 is 12.1 Å². The number of nitrogens with one attached hydrogen (secondary N) is 2. The highest BCUT2D eigenvalue weighted by atomic mass is 16.5. The van der Waals surface area contributed by atoms with Gasteiger partial charge in [0.15, 0.2) is 0 Å². The van der Waals surface area contributed by atoms with Crippen molar-refractivity contribution < 1.29 is 29.3 Å². The monoisotopic (exact) mass is 460 g/mol. The molecule has 0 aliphatic heterocycles. The fraction of sp³-hybridized carbons (Fsp3) is 0.192. The number of benzene rings is 3. The van der Waals surface area contributed by atoms with Crippen LogP contribution in [-0.4, -0.2) is 40.8 Å². The number of ether oxygens (including phenoxy) is 1. The summed E-state index contributed by atoms with van der Waals surface area (Å²) >= 11 is 0. The highest BCUT2D eigenvalue weighted by Gasteiger charge is 2.29. The van der Waals surface area contributed by atoms with Gasteiger partial charge < -0.3 is 25.6 Å². The number of hydrogen-bond acceptors (Lipinski definition) is 5. The van der Waals surface area contributed by atoms with Crippen molar-refractivity contribution in [3.05, 3.63) is 83.4 Å². The number of carbonyl (C=O) groups excluding carboxylic acids is 2. The lowest BCUT2D eigenvalue weighted by atomic mass is 9.98. The molecule has 174 valence electrons. The number of hydrogen-bond donors (Lipinski definition) is 4. The molecule has 8 heteroatoms. The van der Waals surface area contributed by atoms with Crippen LogP contribution in [0, 0.1) is 0 Å². The lowest BCUT2D eigenvalue weighted by molar-refractivity contribution is -0.116. The van der Waals surface area contributed by atoms with Gasteiger partial charge in [0.2, 0.25) is 5.91 Å². The average molecular weight is 460 g/mol. The number of anilines is 1. The zero-order chi connectivity index (χ0) is 24.2. The van der Waals surface area contributed by atoms with Crippen molar-refractivity contribution in [1.29, 1.82) is 0 Å². The topological polar surface area (TPSA) is 125 Å². The molecule has 0 unspecified atom stereocenters. The second-order valence-electron chi connectivity index (χ2n) is 8.16. The lowest BCUT2D eigenvalue weighted by Crippen LogP contribution is -2.36. The quantitative estimate of drug-likeness (QED) is 0.416. The minimum atomic E-state index is -1.27. The molecule has 0 spiro atoms. The number of rotatable bonds is 7. The molecule has 1 aliphatic carbocycles. The molecule has 4 N–H and O–H groups in total. The van der Waals surface area contributed by atoms with Crippen LogP contribution >= 0.6 is 0 Å². The van der Waals surface area contributed by atoms with Crippen LogP contribution in [0.25, 0.3) is 11.1 Å². The van der Waals surface area contributed by atoms with E-state index >= 15 is 0 Å². The number of aromatic hydroxyl groups is 1. The average Bonchev–Trinajstić information content (AvgIpc) is 3.11. The first kappa shape index (κ1) is 22.8. The number of phenols is 1. The lowest BCUT2D eigenvalue weighted by Gasteiger charge is -2.17. The molecule has 8 nitrogen and oxygen atoms in total. The summed E-state index contributed by atoms with van der Waals surface area (Å²) in [6.07, 6.45) is -0.656. The highest BCUT2D eigenvalue weighted by molar-refractivity contribution is 5.94. The first-order valence-electron chi connectivity index (χ1n) is 10.8. The Kier molecular flexibility index (Phi) is 6.49. The maximum atomic E-state index is 12.4. The van der Waals surface area contributed by atoms with Crippen molar-refractivity contribution in [2.45, 2.75) is 25.3 Å². The maximum absolute atomic E-state index is 12.4. The second kappa shape index (κ2) is 9.66. The Morgan fingerprint density at radius 3 is 2.18 bits per heavy atom. The Morgan fingerprint density at radius 2 is 1.59 bits per heavy atom. The van der Waals surface area contributed by atoms with Crippen LogP contribution in [0.2, 0.25) is 0 Å². The summed E-state index contributed by atoms with van der Waals surface area (Å²) in [5.41, 5.74) is 4.49. The molecule has 2 amide bonds. The predicted molar refractivity (Wildman–Crippen MR) is 126 cm³/mol. The molecular formula is C26H24N2O6. The van der Waals surface area contributed by atoms with Crippen LogP contribution in [0.3, 0.4) is 0 Å². The van der Waals surface area contributed by atoms with E-state index in [1.54, 1.807) is 6.92 Å². The molecule has 3 aromatic rings. The molecule has 34 heavy (non-hydrogen) atoms. The largest absolute Gasteiger partial charge is 0.507 e. The summed E-state index contributed by atoms with van der Waals surface area (Å²) in [5, 5.41) is 23.9. The minimum absolute atomic E-state index is 0.0361. The van der Waals surface area contributed by atoms with Gasteiger partial charge in [0.05, 0.1) is 0 Å². The fourth-order valence-electron chi connectivity index (χ4n) is 4.17. The predicted octanol–water partition coefficient (Wildman–Crippen LogP) is 4.35. The molecule has 0 fully saturated rings. The Balaban J connectivity index is 1.30. The van der Waals surface area contributed by atoms with Gasteiger partial charge in [-0.3, -0.25) is 4.79 Å². The van der Waals surface area contributed by atoms with Crippen LogP contribution in [0.5, 0.6) is 5.75 Å². The van der Waals surface area contributed by atoms with Gasteiger partial charge in [-0.2, -0.15) is 0 Å².